The van der Waals surface area contributed by atoms with Crippen molar-refractivity contribution in [3.8, 4) is 22.8 Å². The molecule has 0 saturated heterocycles. The summed E-state index contributed by atoms with van der Waals surface area (Å²) in [5.41, 5.74) is 2.90. The van der Waals surface area contributed by atoms with Crippen LogP contribution in [0, 0.1) is 0 Å². The molecule has 1 heterocycles. The van der Waals surface area contributed by atoms with Crippen LogP contribution in [0.3, 0.4) is 0 Å². The Bertz CT molecular complexity index is 1090. The SMILES string of the molecule is CCOC(=O)c1cc(-c2cc(OCc3ccccc3)cc(OCc3ccccc3)c2)on1. The van der Waals surface area contributed by atoms with Gasteiger partial charge in [0.15, 0.2) is 11.5 Å². The van der Waals surface area contributed by atoms with E-state index in [-0.39, 0.29) is 12.3 Å². The maximum absolute atomic E-state index is 11.9. The highest BCUT2D eigenvalue weighted by atomic mass is 16.5. The molecular formula is C26H23NO5. The van der Waals surface area contributed by atoms with Crippen LogP contribution in [0.15, 0.2) is 89.5 Å². The van der Waals surface area contributed by atoms with E-state index in [2.05, 4.69) is 5.16 Å². The standard InChI is InChI=1S/C26H23NO5/c1-2-29-26(28)24-16-25(32-27-24)21-13-22(30-17-19-9-5-3-6-10-19)15-23(14-21)31-18-20-11-7-4-8-12-20/h3-16H,2,17-18H2,1H3. The van der Waals surface area contributed by atoms with Gasteiger partial charge in [-0.05, 0) is 30.2 Å². The van der Waals surface area contributed by atoms with Crippen molar-refractivity contribution in [2.24, 2.45) is 0 Å². The van der Waals surface area contributed by atoms with Gasteiger partial charge in [0.1, 0.15) is 24.7 Å². The predicted octanol–water partition coefficient (Wildman–Crippen LogP) is 5.68. The molecule has 0 amide bonds. The van der Waals surface area contributed by atoms with Crippen molar-refractivity contribution in [2.75, 3.05) is 6.61 Å². The zero-order chi connectivity index (χ0) is 22.2. The fourth-order valence-electron chi connectivity index (χ4n) is 3.07. The van der Waals surface area contributed by atoms with Crippen LogP contribution in [-0.4, -0.2) is 17.7 Å². The van der Waals surface area contributed by atoms with E-state index in [1.807, 2.05) is 78.9 Å². The van der Waals surface area contributed by atoms with Gasteiger partial charge >= 0.3 is 5.97 Å². The first-order valence-corrected chi connectivity index (χ1v) is 10.3. The minimum atomic E-state index is -0.528. The third-order valence-corrected chi connectivity index (χ3v) is 4.66. The summed E-state index contributed by atoms with van der Waals surface area (Å²) in [5.74, 6) is 1.12. The van der Waals surface area contributed by atoms with Gasteiger partial charge in [-0.1, -0.05) is 65.8 Å². The van der Waals surface area contributed by atoms with Crippen molar-refractivity contribution in [1.29, 1.82) is 0 Å². The fraction of sp³-hybridized carbons (Fsp3) is 0.154. The van der Waals surface area contributed by atoms with Crippen molar-refractivity contribution < 1.29 is 23.5 Å². The van der Waals surface area contributed by atoms with Gasteiger partial charge in [-0.2, -0.15) is 0 Å². The Labute approximate surface area is 186 Å². The molecule has 0 bridgehead atoms. The first-order chi connectivity index (χ1) is 15.7. The summed E-state index contributed by atoms with van der Waals surface area (Å²) in [6.07, 6.45) is 0. The van der Waals surface area contributed by atoms with Gasteiger partial charge in [0.2, 0.25) is 0 Å². The van der Waals surface area contributed by atoms with Crippen molar-refractivity contribution in [3.05, 3.63) is 102 Å². The normalized spacial score (nSPS) is 10.5. The van der Waals surface area contributed by atoms with Crippen molar-refractivity contribution in [1.82, 2.24) is 5.16 Å². The van der Waals surface area contributed by atoms with Crippen molar-refractivity contribution in [3.63, 3.8) is 0 Å². The molecule has 32 heavy (non-hydrogen) atoms. The lowest BCUT2D eigenvalue weighted by molar-refractivity contribution is 0.0514. The highest BCUT2D eigenvalue weighted by molar-refractivity contribution is 5.88. The van der Waals surface area contributed by atoms with Gasteiger partial charge < -0.3 is 18.7 Å². The Kier molecular flexibility index (Phi) is 6.82. The lowest BCUT2D eigenvalue weighted by Crippen LogP contribution is -2.04. The zero-order valence-corrected chi connectivity index (χ0v) is 17.7. The Hall–Kier alpha value is -4.06. The minimum absolute atomic E-state index is 0.115. The van der Waals surface area contributed by atoms with Crippen LogP contribution >= 0.6 is 0 Å². The molecular weight excluding hydrogens is 406 g/mol. The van der Waals surface area contributed by atoms with Crippen molar-refractivity contribution in [2.45, 2.75) is 20.1 Å². The lowest BCUT2D eigenvalue weighted by atomic mass is 10.1. The topological polar surface area (TPSA) is 70.8 Å². The Morgan fingerprint density at radius 2 is 1.38 bits per heavy atom. The van der Waals surface area contributed by atoms with Gasteiger partial charge in [0.25, 0.3) is 0 Å². The number of benzene rings is 3. The highest BCUT2D eigenvalue weighted by Gasteiger charge is 2.16. The molecule has 0 N–H and O–H groups in total. The van der Waals surface area contributed by atoms with E-state index >= 15 is 0 Å². The zero-order valence-electron chi connectivity index (χ0n) is 17.7. The third kappa shape index (κ3) is 5.55. The van der Waals surface area contributed by atoms with E-state index < -0.39 is 5.97 Å². The molecule has 0 radical (unpaired) electrons. The second kappa shape index (κ2) is 10.3. The Balaban J connectivity index is 1.58. The van der Waals surface area contributed by atoms with E-state index in [4.69, 9.17) is 18.7 Å². The van der Waals surface area contributed by atoms with Crippen molar-refractivity contribution >= 4 is 5.97 Å². The van der Waals surface area contributed by atoms with Gasteiger partial charge in [-0.15, -0.1) is 0 Å². The highest BCUT2D eigenvalue weighted by Crippen LogP contribution is 2.31. The van der Waals surface area contributed by atoms with E-state index in [0.717, 1.165) is 11.1 Å². The summed E-state index contributed by atoms with van der Waals surface area (Å²) in [7, 11) is 0. The van der Waals surface area contributed by atoms with E-state index in [0.29, 0.717) is 36.0 Å². The van der Waals surface area contributed by atoms with E-state index in [1.54, 1.807) is 13.0 Å². The van der Waals surface area contributed by atoms with Crippen LogP contribution < -0.4 is 9.47 Å². The van der Waals surface area contributed by atoms with E-state index in [9.17, 15) is 4.79 Å². The number of aromatic nitrogens is 1. The summed E-state index contributed by atoms with van der Waals surface area (Å²) in [6.45, 7) is 2.82. The van der Waals surface area contributed by atoms with Gasteiger partial charge in [-0.3, -0.25) is 0 Å². The molecule has 0 unspecified atom stereocenters. The number of rotatable bonds is 9. The molecule has 6 nitrogen and oxygen atoms in total. The number of ether oxygens (including phenoxy) is 3. The molecule has 0 aliphatic rings. The number of hydrogen-bond acceptors (Lipinski definition) is 6. The number of esters is 1. The number of nitrogens with zero attached hydrogens (tertiary/aromatic N) is 1. The molecule has 6 heteroatoms. The molecule has 4 aromatic rings. The van der Waals surface area contributed by atoms with Crippen LogP contribution in [0.1, 0.15) is 28.5 Å². The summed E-state index contributed by atoms with van der Waals surface area (Å²) < 4.78 is 22.4. The predicted molar refractivity (Wildman–Crippen MR) is 119 cm³/mol. The lowest BCUT2D eigenvalue weighted by Gasteiger charge is -2.12. The van der Waals surface area contributed by atoms with Crippen LogP contribution in [0.25, 0.3) is 11.3 Å². The molecule has 0 saturated carbocycles. The molecule has 0 aliphatic carbocycles. The average molecular weight is 429 g/mol. The maximum Gasteiger partial charge on any atom is 0.360 e. The van der Waals surface area contributed by atoms with Crippen LogP contribution in [-0.2, 0) is 18.0 Å². The third-order valence-electron chi connectivity index (χ3n) is 4.66. The van der Waals surface area contributed by atoms with Gasteiger partial charge in [0.05, 0.1) is 6.61 Å². The van der Waals surface area contributed by atoms with Crippen LogP contribution in [0.4, 0.5) is 0 Å². The largest absolute Gasteiger partial charge is 0.489 e. The first kappa shape index (κ1) is 21.2. The second-order valence-corrected chi connectivity index (χ2v) is 7.04. The quantitative estimate of drug-likeness (QED) is 0.319. The number of carbonyl (C=O) groups is 1. The van der Waals surface area contributed by atoms with E-state index in [1.165, 1.54) is 0 Å². The smallest absolute Gasteiger partial charge is 0.360 e. The van der Waals surface area contributed by atoms with Gasteiger partial charge in [-0.25, -0.2) is 4.79 Å². The summed E-state index contributed by atoms with van der Waals surface area (Å²) in [4.78, 5) is 11.9. The van der Waals surface area contributed by atoms with Crippen LogP contribution in [0.5, 0.6) is 11.5 Å². The van der Waals surface area contributed by atoms with Crippen LogP contribution in [0.2, 0.25) is 0 Å². The average Bonchev–Trinajstić information content (AvgIpc) is 3.34. The molecule has 162 valence electrons. The molecule has 0 atom stereocenters. The monoisotopic (exact) mass is 429 g/mol. The Morgan fingerprint density at radius 3 is 1.91 bits per heavy atom. The molecule has 0 fully saturated rings. The molecule has 1 aromatic heterocycles. The summed E-state index contributed by atoms with van der Waals surface area (Å²) in [6, 6.07) is 26.8. The first-order valence-electron chi connectivity index (χ1n) is 10.3. The second-order valence-electron chi connectivity index (χ2n) is 7.04. The molecule has 0 spiro atoms. The maximum atomic E-state index is 11.9. The summed E-state index contributed by atoms with van der Waals surface area (Å²) in [5, 5.41) is 3.83. The minimum Gasteiger partial charge on any atom is -0.489 e. The molecule has 0 aliphatic heterocycles. The molecule has 4 rings (SSSR count). The molecule has 3 aromatic carbocycles. The number of hydrogen-bond donors (Lipinski definition) is 0. The van der Waals surface area contributed by atoms with Gasteiger partial charge in [0, 0.05) is 17.7 Å². The fourth-order valence-corrected chi connectivity index (χ4v) is 3.07. The summed E-state index contributed by atoms with van der Waals surface area (Å²) >= 11 is 0. The Morgan fingerprint density at radius 1 is 0.812 bits per heavy atom. The number of carbonyl (C=O) groups excluding carboxylic acids is 1.